The minimum absolute atomic E-state index is 0.0621. The lowest BCUT2D eigenvalue weighted by molar-refractivity contribution is -0.384. The smallest absolute Gasteiger partial charge is 0.294 e. The first-order chi connectivity index (χ1) is 8.54. The van der Waals surface area contributed by atoms with Crippen LogP contribution in [-0.4, -0.2) is 24.1 Å². The Morgan fingerprint density at radius 3 is 2.89 bits per heavy atom. The first-order valence-corrected chi connectivity index (χ1v) is 6.32. The third-order valence-electron chi connectivity index (χ3n) is 3.44. The van der Waals surface area contributed by atoms with Crippen LogP contribution in [0, 0.1) is 16.0 Å². The van der Waals surface area contributed by atoms with Crippen molar-refractivity contribution >= 4 is 23.0 Å². The van der Waals surface area contributed by atoms with Crippen LogP contribution in [0.2, 0.25) is 5.02 Å². The fourth-order valence-electron chi connectivity index (χ4n) is 2.56. The Morgan fingerprint density at radius 2 is 2.33 bits per heavy atom. The van der Waals surface area contributed by atoms with Crippen LogP contribution < -0.4 is 10.6 Å². The van der Waals surface area contributed by atoms with E-state index >= 15 is 0 Å². The number of nitrogens with zero attached hydrogens (tertiary/aromatic N) is 2. The van der Waals surface area contributed by atoms with Gasteiger partial charge >= 0.3 is 0 Å². The Bertz CT molecular complexity index is 467. The van der Waals surface area contributed by atoms with Crippen LogP contribution in [-0.2, 0) is 0 Å². The number of benzene rings is 1. The van der Waals surface area contributed by atoms with Gasteiger partial charge in [0, 0.05) is 18.7 Å². The average molecular weight is 270 g/mol. The summed E-state index contributed by atoms with van der Waals surface area (Å²) in [5.41, 5.74) is 6.26. The van der Waals surface area contributed by atoms with Crippen LogP contribution >= 0.6 is 11.6 Å². The van der Waals surface area contributed by atoms with Crippen molar-refractivity contribution in [3.05, 3.63) is 33.3 Å². The summed E-state index contributed by atoms with van der Waals surface area (Å²) in [5, 5.41) is 11.5. The molecule has 1 aromatic rings. The maximum Gasteiger partial charge on any atom is 0.294 e. The molecule has 0 saturated carbocycles. The summed E-state index contributed by atoms with van der Waals surface area (Å²) in [7, 11) is 0. The second-order valence-electron chi connectivity index (χ2n) is 4.70. The van der Waals surface area contributed by atoms with Crippen LogP contribution in [0.1, 0.15) is 13.3 Å². The number of hydrogen-bond donors (Lipinski definition) is 1. The van der Waals surface area contributed by atoms with Crippen molar-refractivity contribution in [2.24, 2.45) is 11.7 Å². The van der Waals surface area contributed by atoms with Crippen LogP contribution in [0.25, 0.3) is 0 Å². The summed E-state index contributed by atoms with van der Waals surface area (Å²) in [6, 6.07) is 5.00. The zero-order valence-electron chi connectivity index (χ0n) is 10.2. The summed E-state index contributed by atoms with van der Waals surface area (Å²) in [6.07, 6.45) is 0.943. The van der Waals surface area contributed by atoms with Gasteiger partial charge in [-0.15, -0.1) is 0 Å². The SMILES string of the molecule is CC1CC(CN)CN1c1c(Cl)cccc1[N+](=O)[O-]. The fraction of sp³-hybridized carbons (Fsp3) is 0.500. The zero-order chi connectivity index (χ0) is 13.3. The first-order valence-electron chi connectivity index (χ1n) is 5.94. The third kappa shape index (κ3) is 2.28. The van der Waals surface area contributed by atoms with E-state index in [1.165, 1.54) is 6.07 Å². The minimum Gasteiger partial charge on any atom is -0.362 e. The molecule has 1 aromatic carbocycles. The van der Waals surface area contributed by atoms with Gasteiger partial charge in [0.25, 0.3) is 5.69 Å². The molecule has 0 aromatic heterocycles. The van der Waals surface area contributed by atoms with Gasteiger partial charge < -0.3 is 10.6 Å². The van der Waals surface area contributed by atoms with Crippen molar-refractivity contribution in [2.45, 2.75) is 19.4 Å². The molecule has 0 bridgehead atoms. The molecule has 98 valence electrons. The highest BCUT2D eigenvalue weighted by molar-refractivity contribution is 6.33. The van der Waals surface area contributed by atoms with Crippen molar-refractivity contribution in [1.82, 2.24) is 0 Å². The summed E-state index contributed by atoms with van der Waals surface area (Å²) in [4.78, 5) is 12.7. The van der Waals surface area contributed by atoms with Crippen LogP contribution in [0.4, 0.5) is 11.4 Å². The number of halogens is 1. The van der Waals surface area contributed by atoms with Gasteiger partial charge in [-0.1, -0.05) is 17.7 Å². The van der Waals surface area contributed by atoms with Gasteiger partial charge in [0.15, 0.2) is 0 Å². The van der Waals surface area contributed by atoms with Crippen molar-refractivity contribution in [3.63, 3.8) is 0 Å². The number of nitrogens with two attached hydrogens (primary N) is 1. The minimum atomic E-state index is -0.385. The molecule has 6 heteroatoms. The Hall–Kier alpha value is -1.33. The van der Waals surface area contributed by atoms with Crippen molar-refractivity contribution < 1.29 is 4.92 Å². The second kappa shape index (κ2) is 5.12. The molecule has 2 unspecified atom stereocenters. The quantitative estimate of drug-likeness (QED) is 0.676. The topological polar surface area (TPSA) is 72.4 Å². The van der Waals surface area contributed by atoms with Gasteiger partial charge in [0.05, 0.1) is 9.95 Å². The Balaban J connectivity index is 2.41. The average Bonchev–Trinajstić information content (AvgIpc) is 2.70. The molecule has 5 nitrogen and oxygen atoms in total. The molecule has 2 rings (SSSR count). The number of nitro groups is 1. The van der Waals surface area contributed by atoms with Crippen LogP contribution in [0.15, 0.2) is 18.2 Å². The summed E-state index contributed by atoms with van der Waals surface area (Å²) >= 11 is 6.13. The van der Waals surface area contributed by atoms with E-state index in [0.29, 0.717) is 23.2 Å². The third-order valence-corrected chi connectivity index (χ3v) is 3.75. The van der Waals surface area contributed by atoms with Crippen LogP contribution in [0.5, 0.6) is 0 Å². The van der Waals surface area contributed by atoms with E-state index in [-0.39, 0.29) is 16.7 Å². The van der Waals surface area contributed by atoms with Crippen LogP contribution in [0.3, 0.4) is 0 Å². The monoisotopic (exact) mass is 269 g/mol. The van der Waals surface area contributed by atoms with Crippen molar-refractivity contribution in [3.8, 4) is 0 Å². The highest BCUT2D eigenvalue weighted by Gasteiger charge is 2.33. The summed E-state index contributed by atoms with van der Waals surface area (Å²) in [5.74, 6) is 0.371. The van der Waals surface area contributed by atoms with Gasteiger partial charge in [-0.05, 0) is 31.9 Å². The Labute approximate surface area is 111 Å². The van der Waals surface area contributed by atoms with E-state index in [0.717, 1.165) is 13.0 Å². The molecular formula is C12H16ClN3O2. The Morgan fingerprint density at radius 1 is 1.61 bits per heavy atom. The van der Waals surface area contributed by atoms with E-state index < -0.39 is 0 Å². The normalized spacial score (nSPS) is 23.4. The standard InChI is InChI=1S/C12H16ClN3O2/c1-8-5-9(6-14)7-15(8)12-10(13)3-2-4-11(12)16(17)18/h2-4,8-9H,5-7,14H2,1H3. The molecule has 1 saturated heterocycles. The number of nitro benzene ring substituents is 1. The molecule has 1 aliphatic heterocycles. The molecule has 18 heavy (non-hydrogen) atoms. The molecule has 2 N–H and O–H groups in total. The first kappa shape index (κ1) is 13.1. The molecule has 1 fully saturated rings. The second-order valence-corrected chi connectivity index (χ2v) is 5.11. The van der Waals surface area contributed by atoms with Gasteiger partial charge in [0.1, 0.15) is 5.69 Å². The fourth-order valence-corrected chi connectivity index (χ4v) is 2.84. The highest BCUT2D eigenvalue weighted by Crippen LogP contribution is 2.40. The molecule has 1 aliphatic rings. The lowest BCUT2D eigenvalue weighted by atomic mass is 10.1. The highest BCUT2D eigenvalue weighted by atomic mass is 35.5. The number of rotatable bonds is 3. The number of anilines is 1. The van der Waals surface area contributed by atoms with E-state index in [9.17, 15) is 10.1 Å². The number of hydrogen-bond acceptors (Lipinski definition) is 4. The van der Waals surface area contributed by atoms with E-state index in [1.54, 1.807) is 12.1 Å². The lowest BCUT2D eigenvalue weighted by Crippen LogP contribution is -2.28. The zero-order valence-corrected chi connectivity index (χ0v) is 10.9. The van der Waals surface area contributed by atoms with Crippen molar-refractivity contribution in [1.29, 1.82) is 0 Å². The van der Waals surface area contributed by atoms with E-state index in [1.807, 2.05) is 11.8 Å². The molecular weight excluding hydrogens is 254 g/mol. The predicted octanol–water partition coefficient (Wildman–Crippen LogP) is 2.42. The summed E-state index contributed by atoms with van der Waals surface area (Å²) < 4.78 is 0. The largest absolute Gasteiger partial charge is 0.362 e. The summed E-state index contributed by atoms with van der Waals surface area (Å²) in [6.45, 7) is 3.37. The molecule has 0 amide bonds. The molecule has 0 aliphatic carbocycles. The van der Waals surface area contributed by atoms with Gasteiger partial charge in [-0.25, -0.2) is 0 Å². The molecule has 1 heterocycles. The Kier molecular flexibility index (Phi) is 3.73. The van der Waals surface area contributed by atoms with Crippen molar-refractivity contribution in [2.75, 3.05) is 18.0 Å². The number of para-hydroxylation sites is 1. The molecule has 0 radical (unpaired) electrons. The van der Waals surface area contributed by atoms with E-state index in [2.05, 4.69) is 0 Å². The van der Waals surface area contributed by atoms with Gasteiger partial charge in [-0.2, -0.15) is 0 Å². The molecule has 0 spiro atoms. The predicted molar refractivity (Wildman–Crippen MR) is 72.1 cm³/mol. The van der Waals surface area contributed by atoms with Gasteiger partial charge in [-0.3, -0.25) is 10.1 Å². The van der Waals surface area contributed by atoms with E-state index in [4.69, 9.17) is 17.3 Å². The lowest BCUT2D eigenvalue weighted by Gasteiger charge is -2.24. The molecule has 2 atom stereocenters. The maximum absolute atomic E-state index is 11.1. The van der Waals surface area contributed by atoms with Gasteiger partial charge in [0.2, 0.25) is 0 Å². The maximum atomic E-state index is 11.1.